The number of nitrogens with zero attached hydrogens (tertiary/aromatic N) is 2. The summed E-state index contributed by atoms with van der Waals surface area (Å²) < 4.78 is 22.0. The number of benzene rings is 2. The SMILES string of the molecule is COCc1nc2cc(F)c(-c3ccc(=O)[nH]c3)cc2n1Cc1cc(Cl)ccc1Cl. The van der Waals surface area contributed by atoms with Crippen LogP contribution in [0.25, 0.3) is 22.2 Å². The second kappa shape index (κ2) is 7.99. The first-order valence-corrected chi connectivity index (χ1v) is 9.52. The Morgan fingerprint density at radius 2 is 2.00 bits per heavy atom. The van der Waals surface area contributed by atoms with Crippen molar-refractivity contribution in [3.8, 4) is 11.1 Å². The van der Waals surface area contributed by atoms with Crippen LogP contribution in [0.4, 0.5) is 4.39 Å². The molecule has 2 aromatic carbocycles. The van der Waals surface area contributed by atoms with Crippen molar-refractivity contribution in [2.75, 3.05) is 7.11 Å². The molecule has 0 saturated carbocycles. The first-order chi connectivity index (χ1) is 14.0. The fourth-order valence-corrected chi connectivity index (χ4v) is 3.62. The fourth-order valence-electron chi connectivity index (χ4n) is 3.25. The highest BCUT2D eigenvalue weighted by atomic mass is 35.5. The molecule has 0 amide bonds. The van der Waals surface area contributed by atoms with E-state index < -0.39 is 5.82 Å². The zero-order chi connectivity index (χ0) is 20.5. The van der Waals surface area contributed by atoms with Crippen molar-refractivity contribution < 1.29 is 9.13 Å². The summed E-state index contributed by atoms with van der Waals surface area (Å²) in [6.45, 7) is 0.647. The molecule has 0 aliphatic carbocycles. The average molecular weight is 432 g/mol. The number of imidazole rings is 1. The number of halogens is 3. The summed E-state index contributed by atoms with van der Waals surface area (Å²) >= 11 is 12.5. The molecular weight excluding hydrogens is 416 g/mol. The normalized spacial score (nSPS) is 11.3. The Bertz CT molecular complexity index is 1250. The van der Waals surface area contributed by atoms with Crippen molar-refractivity contribution in [2.24, 2.45) is 0 Å². The fraction of sp³-hybridized carbons (Fsp3) is 0.143. The maximum absolute atomic E-state index is 14.8. The molecule has 0 fully saturated rings. The van der Waals surface area contributed by atoms with E-state index in [-0.39, 0.29) is 12.2 Å². The molecule has 4 rings (SSSR count). The van der Waals surface area contributed by atoms with Crippen LogP contribution in [0.15, 0.2) is 53.5 Å². The molecule has 1 N–H and O–H groups in total. The lowest BCUT2D eigenvalue weighted by atomic mass is 10.1. The second-order valence-electron chi connectivity index (χ2n) is 6.55. The van der Waals surface area contributed by atoms with Crippen LogP contribution >= 0.6 is 23.2 Å². The van der Waals surface area contributed by atoms with E-state index in [2.05, 4.69) is 9.97 Å². The number of rotatable bonds is 5. The summed E-state index contributed by atoms with van der Waals surface area (Å²) in [5.41, 5.74) is 2.70. The molecule has 2 aromatic heterocycles. The van der Waals surface area contributed by atoms with Gasteiger partial charge < -0.3 is 14.3 Å². The molecule has 0 aliphatic rings. The van der Waals surface area contributed by atoms with Crippen molar-refractivity contribution in [3.63, 3.8) is 0 Å². The number of nitrogens with one attached hydrogen (secondary N) is 1. The zero-order valence-electron chi connectivity index (χ0n) is 15.4. The number of methoxy groups -OCH3 is 1. The number of hydrogen-bond donors (Lipinski definition) is 1. The van der Waals surface area contributed by atoms with Crippen LogP contribution in [0.1, 0.15) is 11.4 Å². The van der Waals surface area contributed by atoms with Crippen molar-refractivity contribution in [1.82, 2.24) is 14.5 Å². The summed E-state index contributed by atoms with van der Waals surface area (Å²) in [6, 6.07) is 11.3. The summed E-state index contributed by atoms with van der Waals surface area (Å²) in [4.78, 5) is 18.4. The molecule has 29 heavy (non-hydrogen) atoms. The average Bonchev–Trinajstić information content (AvgIpc) is 3.01. The topological polar surface area (TPSA) is 59.9 Å². The van der Waals surface area contributed by atoms with Gasteiger partial charge in [0.2, 0.25) is 5.56 Å². The number of pyridine rings is 1. The van der Waals surface area contributed by atoms with E-state index >= 15 is 0 Å². The van der Waals surface area contributed by atoms with Gasteiger partial charge in [-0.3, -0.25) is 4.79 Å². The van der Waals surface area contributed by atoms with Gasteiger partial charge in [-0.25, -0.2) is 9.37 Å². The van der Waals surface area contributed by atoms with Crippen LogP contribution in [0, 0.1) is 5.82 Å². The van der Waals surface area contributed by atoms with Crippen LogP contribution in [-0.2, 0) is 17.9 Å². The van der Waals surface area contributed by atoms with Crippen LogP contribution in [0.3, 0.4) is 0 Å². The minimum absolute atomic E-state index is 0.252. The van der Waals surface area contributed by atoms with Crippen molar-refractivity contribution in [2.45, 2.75) is 13.2 Å². The minimum atomic E-state index is -0.432. The van der Waals surface area contributed by atoms with Gasteiger partial charge in [0.15, 0.2) is 0 Å². The lowest BCUT2D eigenvalue weighted by molar-refractivity contribution is 0.175. The molecule has 0 bridgehead atoms. The van der Waals surface area contributed by atoms with E-state index in [9.17, 15) is 9.18 Å². The van der Waals surface area contributed by atoms with Gasteiger partial charge in [0.25, 0.3) is 0 Å². The zero-order valence-corrected chi connectivity index (χ0v) is 16.9. The highest BCUT2D eigenvalue weighted by Gasteiger charge is 2.17. The van der Waals surface area contributed by atoms with E-state index in [1.165, 1.54) is 18.3 Å². The molecule has 5 nitrogen and oxygen atoms in total. The van der Waals surface area contributed by atoms with Gasteiger partial charge in [-0.15, -0.1) is 0 Å². The van der Waals surface area contributed by atoms with E-state index in [4.69, 9.17) is 27.9 Å². The van der Waals surface area contributed by atoms with Gasteiger partial charge in [-0.2, -0.15) is 0 Å². The summed E-state index contributed by atoms with van der Waals surface area (Å²) in [5, 5.41) is 1.14. The number of aromatic nitrogens is 3. The van der Waals surface area contributed by atoms with Crippen LogP contribution in [0.2, 0.25) is 10.0 Å². The Labute approximate surface area is 175 Å². The van der Waals surface area contributed by atoms with E-state index in [0.29, 0.717) is 39.1 Å². The predicted octanol–water partition coefficient (Wildman–Crippen LogP) is 5.03. The second-order valence-corrected chi connectivity index (χ2v) is 7.39. The highest BCUT2D eigenvalue weighted by Crippen LogP contribution is 2.30. The van der Waals surface area contributed by atoms with Gasteiger partial charge >= 0.3 is 0 Å². The summed E-state index contributed by atoms with van der Waals surface area (Å²) in [5.74, 6) is 0.204. The van der Waals surface area contributed by atoms with Crippen LogP contribution < -0.4 is 5.56 Å². The van der Waals surface area contributed by atoms with Crippen molar-refractivity contribution in [3.05, 3.63) is 86.3 Å². The third-order valence-corrected chi connectivity index (χ3v) is 5.22. The molecule has 2 heterocycles. The third kappa shape index (κ3) is 3.92. The molecular formula is C21H16Cl2FN3O2. The Morgan fingerprint density at radius 1 is 1.17 bits per heavy atom. The number of aromatic amines is 1. The maximum atomic E-state index is 14.8. The molecule has 0 radical (unpaired) electrons. The van der Waals surface area contributed by atoms with E-state index in [0.717, 1.165) is 11.1 Å². The van der Waals surface area contributed by atoms with Gasteiger partial charge in [0.1, 0.15) is 18.2 Å². The maximum Gasteiger partial charge on any atom is 0.247 e. The van der Waals surface area contributed by atoms with E-state index in [1.54, 1.807) is 37.4 Å². The van der Waals surface area contributed by atoms with Crippen LogP contribution in [-0.4, -0.2) is 21.6 Å². The molecule has 0 spiro atoms. The largest absolute Gasteiger partial charge is 0.377 e. The molecule has 4 aromatic rings. The lowest BCUT2D eigenvalue weighted by Crippen LogP contribution is -2.07. The predicted molar refractivity (Wildman–Crippen MR) is 112 cm³/mol. The highest BCUT2D eigenvalue weighted by molar-refractivity contribution is 6.33. The first-order valence-electron chi connectivity index (χ1n) is 8.77. The Kier molecular flexibility index (Phi) is 5.41. The first kappa shape index (κ1) is 19.6. The Hall–Kier alpha value is -2.67. The number of hydrogen-bond acceptors (Lipinski definition) is 3. The minimum Gasteiger partial charge on any atom is -0.377 e. The molecule has 148 valence electrons. The quantitative estimate of drug-likeness (QED) is 0.481. The Balaban J connectivity index is 1.90. The molecule has 0 atom stereocenters. The van der Waals surface area contributed by atoms with Crippen molar-refractivity contribution in [1.29, 1.82) is 0 Å². The Morgan fingerprint density at radius 3 is 2.72 bits per heavy atom. The monoisotopic (exact) mass is 431 g/mol. The van der Waals surface area contributed by atoms with E-state index in [1.807, 2.05) is 4.57 Å². The molecule has 0 saturated heterocycles. The van der Waals surface area contributed by atoms with Gasteiger partial charge in [0, 0.05) is 46.6 Å². The van der Waals surface area contributed by atoms with Gasteiger partial charge in [-0.1, -0.05) is 23.2 Å². The van der Waals surface area contributed by atoms with Crippen molar-refractivity contribution >= 4 is 34.2 Å². The molecule has 0 aliphatic heterocycles. The summed E-state index contributed by atoms with van der Waals surface area (Å²) in [6.07, 6.45) is 1.48. The smallest absolute Gasteiger partial charge is 0.247 e. The number of fused-ring (bicyclic) bond motifs is 1. The van der Waals surface area contributed by atoms with Gasteiger partial charge in [-0.05, 0) is 35.9 Å². The van der Waals surface area contributed by atoms with Gasteiger partial charge in [0.05, 0.1) is 17.6 Å². The number of ether oxygens (including phenoxy) is 1. The molecule has 8 heteroatoms. The standard InChI is InChI=1S/C21H16Cl2FN3O2/c1-29-11-20-26-18-8-17(24)15(12-2-5-21(28)25-9-12)7-19(18)27(20)10-13-6-14(22)3-4-16(13)23/h2-9H,10-11H2,1H3,(H,25,28). The van der Waals surface area contributed by atoms with Crippen LogP contribution in [0.5, 0.6) is 0 Å². The third-order valence-electron chi connectivity index (χ3n) is 4.62. The lowest BCUT2D eigenvalue weighted by Gasteiger charge is -2.12. The number of H-pyrrole nitrogens is 1. The summed E-state index contributed by atoms with van der Waals surface area (Å²) in [7, 11) is 1.57. The molecule has 0 unspecified atom stereocenters.